The zero-order valence-corrected chi connectivity index (χ0v) is 13.6. The van der Waals surface area contributed by atoms with Gasteiger partial charge in [0.25, 0.3) is 5.91 Å². The number of halogens is 1. The Balaban J connectivity index is 1.95. The van der Waals surface area contributed by atoms with Crippen molar-refractivity contribution in [3.8, 4) is 5.75 Å². The lowest BCUT2D eigenvalue weighted by atomic mass is 10.2. The summed E-state index contributed by atoms with van der Waals surface area (Å²) in [4.78, 5) is 12.1. The fourth-order valence-corrected chi connectivity index (χ4v) is 2.26. The molecule has 0 unspecified atom stereocenters. The molecule has 0 saturated heterocycles. The number of nitrogens with one attached hydrogen (secondary N) is 1. The summed E-state index contributed by atoms with van der Waals surface area (Å²) >= 11 is 5.78. The van der Waals surface area contributed by atoms with Gasteiger partial charge in [0.15, 0.2) is 5.76 Å². The number of rotatable bonds is 7. The smallest absolute Gasteiger partial charge is 0.287 e. The molecule has 0 saturated carbocycles. The molecule has 0 aliphatic carbocycles. The van der Waals surface area contributed by atoms with Gasteiger partial charge < -0.3 is 14.5 Å². The van der Waals surface area contributed by atoms with E-state index in [1.807, 2.05) is 24.3 Å². The minimum Gasteiger partial charge on any atom is -0.494 e. The van der Waals surface area contributed by atoms with Crippen LogP contribution >= 0.6 is 11.6 Å². The second-order valence-electron chi connectivity index (χ2n) is 5.00. The highest BCUT2D eigenvalue weighted by atomic mass is 35.5. The first-order valence-corrected chi connectivity index (χ1v) is 7.82. The van der Waals surface area contributed by atoms with Gasteiger partial charge in [-0.3, -0.25) is 4.79 Å². The fourth-order valence-electron chi connectivity index (χ4n) is 2.00. The van der Waals surface area contributed by atoms with Crippen LogP contribution in [0.1, 0.15) is 40.8 Å². The fraction of sp³-hybridized carbons (Fsp3) is 0.353. The van der Waals surface area contributed by atoms with E-state index >= 15 is 0 Å². The van der Waals surface area contributed by atoms with Crippen LogP contribution in [-0.2, 0) is 12.4 Å². The Morgan fingerprint density at radius 3 is 2.86 bits per heavy atom. The number of carbonyl (C=O) groups is 1. The Kier molecular flexibility index (Phi) is 5.90. The Labute approximate surface area is 135 Å². The molecule has 0 atom stereocenters. The van der Waals surface area contributed by atoms with Gasteiger partial charge in [-0.1, -0.05) is 19.1 Å². The molecule has 0 fully saturated rings. The number of benzene rings is 1. The molecule has 1 heterocycles. The van der Waals surface area contributed by atoms with Gasteiger partial charge in [0.2, 0.25) is 0 Å². The highest BCUT2D eigenvalue weighted by molar-refractivity contribution is 6.17. The molecule has 2 rings (SSSR count). The summed E-state index contributed by atoms with van der Waals surface area (Å²) in [5.41, 5.74) is 1.81. The summed E-state index contributed by atoms with van der Waals surface area (Å²) in [5.74, 6) is 1.85. The molecule has 5 heteroatoms. The maximum atomic E-state index is 12.1. The molecule has 0 bridgehead atoms. The van der Waals surface area contributed by atoms with Gasteiger partial charge in [-0.15, -0.1) is 11.6 Å². The van der Waals surface area contributed by atoms with E-state index in [4.69, 9.17) is 20.8 Å². The van der Waals surface area contributed by atoms with Gasteiger partial charge in [0, 0.05) is 12.1 Å². The van der Waals surface area contributed by atoms with Gasteiger partial charge in [0.1, 0.15) is 11.5 Å². The molecule has 22 heavy (non-hydrogen) atoms. The summed E-state index contributed by atoms with van der Waals surface area (Å²) in [6.07, 6.45) is 0.960. The van der Waals surface area contributed by atoms with Crippen LogP contribution in [0.2, 0.25) is 0 Å². The number of hydrogen-bond donors (Lipinski definition) is 1. The van der Waals surface area contributed by atoms with E-state index in [-0.39, 0.29) is 11.7 Å². The lowest BCUT2D eigenvalue weighted by Crippen LogP contribution is -2.22. The third-order valence-electron chi connectivity index (χ3n) is 3.21. The SMILES string of the molecule is CCCOc1cccc(CNC(=O)c2cc(CCl)c(C)o2)c1. The number of carbonyl (C=O) groups excluding carboxylic acids is 1. The van der Waals surface area contributed by atoms with Gasteiger partial charge in [-0.25, -0.2) is 0 Å². The molecular weight excluding hydrogens is 302 g/mol. The Morgan fingerprint density at radius 2 is 2.18 bits per heavy atom. The molecular formula is C17H20ClNO3. The van der Waals surface area contributed by atoms with Crippen molar-refractivity contribution in [2.24, 2.45) is 0 Å². The number of furan rings is 1. The van der Waals surface area contributed by atoms with Gasteiger partial charge in [0.05, 0.1) is 12.5 Å². The zero-order chi connectivity index (χ0) is 15.9. The van der Waals surface area contributed by atoms with Crippen molar-refractivity contribution >= 4 is 17.5 Å². The Morgan fingerprint density at radius 1 is 1.36 bits per heavy atom. The van der Waals surface area contributed by atoms with E-state index < -0.39 is 0 Å². The minimum atomic E-state index is -0.251. The van der Waals surface area contributed by atoms with Crippen LogP contribution < -0.4 is 10.1 Å². The van der Waals surface area contributed by atoms with E-state index in [1.54, 1.807) is 13.0 Å². The van der Waals surface area contributed by atoms with Crippen LogP contribution in [0, 0.1) is 6.92 Å². The minimum absolute atomic E-state index is 0.251. The summed E-state index contributed by atoms with van der Waals surface area (Å²) in [7, 11) is 0. The van der Waals surface area contributed by atoms with Crippen LogP contribution in [0.4, 0.5) is 0 Å². The standard InChI is InChI=1S/C17H20ClNO3/c1-3-7-21-15-6-4-5-13(8-15)11-19-17(20)16-9-14(10-18)12(2)22-16/h4-6,8-9H,3,7,10-11H2,1-2H3,(H,19,20). The second-order valence-corrected chi connectivity index (χ2v) is 5.27. The molecule has 1 amide bonds. The van der Waals surface area contributed by atoms with Gasteiger partial charge in [-0.05, 0) is 37.1 Å². The van der Waals surface area contributed by atoms with Gasteiger partial charge in [-0.2, -0.15) is 0 Å². The quantitative estimate of drug-likeness (QED) is 0.783. The molecule has 0 radical (unpaired) electrons. The monoisotopic (exact) mass is 321 g/mol. The van der Waals surface area contributed by atoms with E-state index in [0.29, 0.717) is 24.8 Å². The average molecular weight is 322 g/mol. The summed E-state index contributed by atoms with van der Waals surface area (Å²) < 4.78 is 11.0. The topological polar surface area (TPSA) is 51.5 Å². The molecule has 1 N–H and O–H groups in total. The molecule has 4 nitrogen and oxygen atoms in total. The highest BCUT2D eigenvalue weighted by Gasteiger charge is 2.13. The number of aryl methyl sites for hydroxylation is 1. The number of ether oxygens (including phenoxy) is 1. The van der Waals surface area contributed by atoms with Crippen LogP contribution in [-0.4, -0.2) is 12.5 Å². The number of amides is 1. The maximum Gasteiger partial charge on any atom is 0.287 e. The third-order valence-corrected chi connectivity index (χ3v) is 3.50. The van der Waals surface area contributed by atoms with Crippen LogP contribution in [0.25, 0.3) is 0 Å². The predicted molar refractivity (Wildman–Crippen MR) is 86.4 cm³/mol. The summed E-state index contributed by atoms with van der Waals surface area (Å²) in [6, 6.07) is 9.36. The van der Waals surface area contributed by atoms with Gasteiger partial charge >= 0.3 is 0 Å². The molecule has 0 aliphatic heterocycles. The van der Waals surface area contributed by atoms with E-state index in [2.05, 4.69) is 12.2 Å². The van der Waals surface area contributed by atoms with Crippen molar-refractivity contribution in [2.45, 2.75) is 32.7 Å². The Hall–Kier alpha value is -1.94. The van der Waals surface area contributed by atoms with E-state index in [1.165, 1.54) is 0 Å². The molecule has 1 aromatic carbocycles. The van der Waals surface area contributed by atoms with Crippen molar-refractivity contribution in [1.82, 2.24) is 5.32 Å². The predicted octanol–water partition coefficient (Wildman–Crippen LogP) is 4.05. The third kappa shape index (κ3) is 4.28. The second kappa shape index (κ2) is 7.90. The molecule has 1 aromatic heterocycles. The van der Waals surface area contributed by atoms with Crippen molar-refractivity contribution in [2.75, 3.05) is 6.61 Å². The summed E-state index contributed by atoms with van der Waals surface area (Å²) in [6.45, 7) is 4.95. The lowest BCUT2D eigenvalue weighted by Gasteiger charge is -2.07. The molecule has 2 aromatic rings. The van der Waals surface area contributed by atoms with Crippen molar-refractivity contribution in [3.05, 3.63) is 53.0 Å². The normalized spacial score (nSPS) is 10.5. The van der Waals surface area contributed by atoms with Crippen molar-refractivity contribution in [3.63, 3.8) is 0 Å². The average Bonchev–Trinajstić information content (AvgIpc) is 2.92. The van der Waals surface area contributed by atoms with Crippen LogP contribution in [0.15, 0.2) is 34.7 Å². The number of alkyl halides is 1. The first-order valence-electron chi connectivity index (χ1n) is 7.29. The van der Waals surface area contributed by atoms with Crippen molar-refractivity contribution in [1.29, 1.82) is 0 Å². The highest BCUT2D eigenvalue weighted by Crippen LogP contribution is 2.17. The summed E-state index contributed by atoms with van der Waals surface area (Å²) in [5, 5.41) is 2.83. The first-order chi connectivity index (χ1) is 10.6. The molecule has 0 aliphatic rings. The van der Waals surface area contributed by atoms with Crippen LogP contribution in [0.5, 0.6) is 5.75 Å². The first kappa shape index (κ1) is 16.4. The number of hydrogen-bond acceptors (Lipinski definition) is 3. The van der Waals surface area contributed by atoms with E-state index in [0.717, 1.165) is 23.3 Å². The molecule has 118 valence electrons. The van der Waals surface area contributed by atoms with E-state index in [9.17, 15) is 4.79 Å². The largest absolute Gasteiger partial charge is 0.494 e. The lowest BCUT2D eigenvalue weighted by molar-refractivity contribution is 0.0922. The molecule has 0 spiro atoms. The van der Waals surface area contributed by atoms with Crippen molar-refractivity contribution < 1.29 is 13.9 Å². The Bertz CT molecular complexity index is 637. The maximum absolute atomic E-state index is 12.1. The van der Waals surface area contributed by atoms with Crippen LogP contribution in [0.3, 0.4) is 0 Å². The zero-order valence-electron chi connectivity index (χ0n) is 12.8.